The number of methoxy groups -OCH3 is 1. The minimum atomic E-state index is 0.636. The lowest BCUT2D eigenvalue weighted by atomic mass is 9.86. The summed E-state index contributed by atoms with van der Waals surface area (Å²) in [7, 11) is 1.78. The maximum Gasteiger partial charge on any atom is 0.0488 e. The van der Waals surface area contributed by atoms with E-state index in [0.717, 1.165) is 32.3 Å². The zero-order valence-electron chi connectivity index (χ0n) is 11.0. The molecule has 1 saturated heterocycles. The third-order valence-corrected chi connectivity index (χ3v) is 3.41. The fourth-order valence-electron chi connectivity index (χ4n) is 2.61. The molecule has 0 aliphatic carbocycles. The Morgan fingerprint density at radius 3 is 2.62 bits per heavy atom. The van der Waals surface area contributed by atoms with Gasteiger partial charge in [0.05, 0.1) is 0 Å². The Hall–Kier alpha value is -0.120. The highest BCUT2D eigenvalue weighted by atomic mass is 16.5. The first-order chi connectivity index (χ1) is 7.77. The highest BCUT2D eigenvalue weighted by Gasteiger charge is 2.24. The Bertz CT molecular complexity index is 169. The van der Waals surface area contributed by atoms with Crippen molar-refractivity contribution in [1.82, 2.24) is 5.32 Å². The van der Waals surface area contributed by atoms with Gasteiger partial charge in [-0.3, -0.25) is 0 Å². The molecule has 1 aliphatic rings. The lowest BCUT2D eigenvalue weighted by Crippen LogP contribution is -2.40. The van der Waals surface area contributed by atoms with Crippen molar-refractivity contribution in [3.05, 3.63) is 0 Å². The van der Waals surface area contributed by atoms with Crippen molar-refractivity contribution < 1.29 is 9.47 Å². The largest absolute Gasteiger partial charge is 0.384 e. The van der Waals surface area contributed by atoms with Crippen LogP contribution in [0.1, 0.15) is 33.1 Å². The monoisotopic (exact) mass is 229 g/mol. The molecule has 1 fully saturated rings. The molecule has 0 aromatic heterocycles. The summed E-state index contributed by atoms with van der Waals surface area (Å²) in [6.07, 6.45) is 3.63. The van der Waals surface area contributed by atoms with E-state index in [0.29, 0.717) is 12.0 Å². The Morgan fingerprint density at radius 2 is 2.06 bits per heavy atom. The van der Waals surface area contributed by atoms with E-state index in [1.807, 2.05) is 0 Å². The fourth-order valence-corrected chi connectivity index (χ4v) is 2.61. The summed E-state index contributed by atoms with van der Waals surface area (Å²) in [5.41, 5.74) is 0. The van der Waals surface area contributed by atoms with Crippen molar-refractivity contribution in [3.63, 3.8) is 0 Å². The van der Waals surface area contributed by atoms with Gasteiger partial charge in [-0.2, -0.15) is 0 Å². The second-order valence-electron chi connectivity index (χ2n) is 4.91. The number of hydrogen-bond acceptors (Lipinski definition) is 3. The van der Waals surface area contributed by atoms with Crippen LogP contribution in [0.4, 0.5) is 0 Å². The van der Waals surface area contributed by atoms with Gasteiger partial charge in [0.1, 0.15) is 0 Å². The zero-order chi connectivity index (χ0) is 11.8. The van der Waals surface area contributed by atoms with E-state index in [2.05, 4.69) is 19.2 Å². The third-order valence-electron chi connectivity index (χ3n) is 3.41. The lowest BCUT2D eigenvalue weighted by molar-refractivity contribution is 0.0477. The average Bonchev–Trinajstić information content (AvgIpc) is 2.30. The Balaban J connectivity index is 2.38. The lowest BCUT2D eigenvalue weighted by Gasteiger charge is -2.32. The van der Waals surface area contributed by atoms with E-state index in [1.165, 1.54) is 19.3 Å². The van der Waals surface area contributed by atoms with Crippen LogP contribution in [0.3, 0.4) is 0 Å². The van der Waals surface area contributed by atoms with Gasteiger partial charge in [0.15, 0.2) is 0 Å². The summed E-state index contributed by atoms with van der Waals surface area (Å²) in [5, 5.41) is 3.63. The summed E-state index contributed by atoms with van der Waals surface area (Å²) < 4.78 is 10.6. The van der Waals surface area contributed by atoms with E-state index in [9.17, 15) is 0 Å². The van der Waals surface area contributed by atoms with E-state index in [1.54, 1.807) is 7.11 Å². The van der Waals surface area contributed by atoms with Gasteiger partial charge < -0.3 is 14.8 Å². The normalized spacial score (nSPS) is 21.9. The molecule has 2 atom stereocenters. The Labute approximate surface area is 99.9 Å². The molecule has 0 aromatic rings. The molecule has 1 rings (SSSR count). The standard InChI is InChI=1S/C13H27NO2/c1-4-14-13(9-11(2)10-15-3)12-5-7-16-8-6-12/h11-14H,4-10H2,1-3H3. The van der Waals surface area contributed by atoms with E-state index in [-0.39, 0.29) is 0 Å². The van der Waals surface area contributed by atoms with E-state index in [4.69, 9.17) is 9.47 Å². The molecule has 0 radical (unpaired) electrons. The van der Waals surface area contributed by atoms with Gasteiger partial charge in [0, 0.05) is 33.0 Å². The van der Waals surface area contributed by atoms with Crippen molar-refractivity contribution in [2.24, 2.45) is 11.8 Å². The summed E-state index contributed by atoms with van der Waals surface area (Å²) in [5.74, 6) is 1.42. The summed E-state index contributed by atoms with van der Waals surface area (Å²) in [6, 6.07) is 0.638. The van der Waals surface area contributed by atoms with Crippen LogP contribution in [0.2, 0.25) is 0 Å². The summed E-state index contributed by atoms with van der Waals surface area (Å²) in [6.45, 7) is 8.25. The van der Waals surface area contributed by atoms with Crippen LogP contribution >= 0.6 is 0 Å². The van der Waals surface area contributed by atoms with Crippen molar-refractivity contribution >= 4 is 0 Å². The molecule has 0 saturated carbocycles. The number of hydrogen-bond donors (Lipinski definition) is 1. The van der Waals surface area contributed by atoms with Crippen molar-refractivity contribution in [2.75, 3.05) is 33.5 Å². The van der Waals surface area contributed by atoms with Crippen LogP contribution in [0.5, 0.6) is 0 Å². The van der Waals surface area contributed by atoms with Crippen LogP contribution in [0.25, 0.3) is 0 Å². The van der Waals surface area contributed by atoms with Crippen molar-refractivity contribution in [3.8, 4) is 0 Å². The van der Waals surface area contributed by atoms with Gasteiger partial charge in [-0.25, -0.2) is 0 Å². The topological polar surface area (TPSA) is 30.5 Å². The predicted octanol–water partition coefficient (Wildman–Crippen LogP) is 2.06. The molecule has 3 nitrogen and oxygen atoms in total. The molecule has 1 aliphatic heterocycles. The molecule has 2 unspecified atom stereocenters. The van der Waals surface area contributed by atoms with Gasteiger partial charge >= 0.3 is 0 Å². The molecule has 0 amide bonds. The van der Waals surface area contributed by atoms with E-state index >= 15 is 0 Å². The van der Waals surface area contributed by atoms with Crippen molar-refractivity contribution in [2.45, 2.75) is 39.2 Å². The molecule has 0 bridgehead atoms. The van der Waals surface area contributed by atoms with Gasteiger partial charge in [-0.1, -0.05) is 13.8 Å². The smallest absolute Gasteiger partial charge is 0.0488 e. The molecule has 1 N–H and O–H groups in total. The van der Waals surface area contributed by atoms with Crippen molar-refractivity contribution in [1.29, 1.82) is 0 Å². The Kier molecular flexibility index (Phi) is 7.01. The summed E-state index contributed by atoms with van der Waals surface area (Å²) in [4.78, 5) is 0. The van der Waals surface area contributed by atoms with Crippen LogP contribution in [0, 0.1) is 11.8 Å². The maximum absolute atomic E-state index is 5.43. The number of rotatable bonds is 7. The molecular formula is C13H27NO2. The molecule has 96 valence electrons. The molecule has 0 spiro atoms. The second kappa shape index (κ2) is 8.04. The van der Waals surface area contributed by atoms with Crippen LogP contribution in [0.15, 0.2) is 0 Å². The molecular weight excluding hydrogens is 202 g/mol. The fraction of sp³-hybridized carbons (Fsp3) is 1.00. The predicted molar refractivity (Wildman–Crippen MR) is 66.7 cm³/mol. The second-order valence-corrected chi connectivity index (χ2v) is 4.91. The highest BCUT2D eigenvalue weighted by molar-refractivity contribution is 4.79. The third kappa shape index (κ3) is 4.81. The molecule has 3 heteroatoms. The molecule has 16 heavy (non-hydrogen) atoms. The molecule has 1 heterocycles. The van der Waals surface area contributed by atoms with E-state index < -0.39 is 0 Å². The highest BCUT2D eigenvalue weighted by Crippen LogP contribution is 2.23. The first-order valence-corrected chi connectivity index (χ1v) is 6.58. The first-order valence-electron chi connectivity index (χ1n) is 6.58. The first kappa shape index (κ1) is 13.9. The zero-order valence-corrected chi connectivity index (χ0v) is 11.0. The van der Waals surface area contributed by atoms with Gasteiger partial charge in [0.25, 0.3) is 0 Å². The summed E-state index contributed by atoms with van der Waals surface area (Å²) >= 11 is 0. The number of nitrogens with one attached hydrogen (secondary N) is 1. The molecule has 0 aromatic carbocycles. The quantitative estimate of drug-likeness (QED) is 0.725. The van der Waals surface area contributed by atoms with Crippen LogP contribution < -0.4 is 5.32 Å². The van der Waals surface area contributed by atoms with Gasteiger partial charge in [-0.15, -0.1) is 0 Å². The van der Waals surface area contributed by atoms with Gasteiger partial charge in [-0.05, 0) is 37.6 Å². The minimum absolute atomic E-state index is 0.636. The maximum atomic E-state index is 5.43. The SMILES string of the molecule is CCNC(CC(C)COC)C1CCOCC1. The average molecular weight is 229 g/mol. The van der Waals surface area contributed by atoms with Gasteiger partial charge in [0.2, 0.25) is 0 Å². The Morgan fingerprint density at radius 1 is 1.38 bits per heavy atom. The minimum Gasteiger partial charge on any atom is -0.384 e. The van der Waals surface area contributed by atoms with Crippen LogP contribution in [-0.4, -0.2) is 39.5 Å². The number of ether oxygens (including phenoxy) is 2. The van der Waals surface area contributed by atoms with Crippen LogP contribution in [-0.2, 0) is 9.47 Å².